The Morgan fingerprint density at radius 1 is 1.50 bits per heavy atom. The van der Waals surface area contributed by atoms with Gasteiger partial charge in [0.1, 0.15) is 0 Å². The zero-order valence-electron chi connectivity index (χ0n) is 6.55. The normalized spacial score (nSPS) is 41.7. The van der Waals surface area contributed by atoms with Gasteiger partial charge in [-0.2, -0.15) is 0 Å². The minimum atomic E-state index is 0.753. The first-order valence-corrected chi connectivity index (χ1v) is 4.18. The zero-order valence-corrected chi connectivity index (χ0v) is 6.55. The molecule has 0 spiro atoms. The van der Waals surface area contributed by atoms with Crippen LogP contribution in [0.5, 0.6) is 0 Å². The van der Waals surface area contributed by atoms with E-state index in [9.17, 15) is 0 Å². The molecule has 2 heterocycles. The van der Waals surface area contributed by atoms with Crippen LogP contribution in [-0.2, 0) is 4.74 Å². The van der Waals surface area contributed by atoms with Crippen LogP contribution in [0.25, 0.3) is 0 Å². The third-order valence-electron chi connectivity index (χ3n) is 2.57. The summed E-state index contributed by atoms with van der Waals surface area (Å²) in [5, 5.41) is 0. The fraction of sp³-hybridized carbons (Fsp3) is 1.00. The number of rotatable bonds is 0. The van der Waals surface area contributed by atoms with Crippen LogP contribution in [0.1, 0.15) is 13.3 Å². The lowest BCUT2D eigenvalue weighted by Crippen LogP contribution is -2.40. The molecule has 0 saturated carbocycles. The summed E-state index contributed by atoms with van der Waals surface area (Å²) in [6.45, 7) is 6.72. The van der Waals surface area contributed by atoms with Crippen LogP contribution in [0.2, 0.25) is 0 Å². The number of fused-ring (bicyclic) bond motifs is 1. The molecule has 2 aliphatic rings. The Hall–Kier alpha value is -0.0800. The van der Waals surface area contributed by atoms with E-state index in [1.807, 2.05) is 0 Å². The van der Waals surface area contributed by atoms with Gasteiger partial charge in [-0.25, -0.2) is 0 Å². The topological polar surface area (TPSA) is 12.5 Å². The van der Waals surface area contributed by atoms with Gasteiger partial charge in [0.25, 0.3) is 0 Å². The minimum absolute atomic E-state index is 0.753. The second-order valence-corrected chi connectivity index (χ2v) is 3.56. The van der Waals surface area contributed by atoms with Crippen LogP contribution in [-0.4, -0.2) is 37.2 Å². The molecule has 58 valence electrons. The number of hydrogen-bond donors (Lipinski definition) is 0. The third kappa shape index (κ3) is 1.06. The van der Waals surface area contributed by atoms with E-state index in [1.165, 1.54) is 13.0 Å². The highest BCUT2D eigenvalue weighted by Crippen LogP contribution is 2.24. The van der Waals surface area contributed by atoms with Gasteiger partial charge in [0.2, 0.25) is 0 Å². The lowest BCUT2D eigenvalue weighted by Gasteiger charge is -2.28. The minimum Gasteiger partial charge on any atom is -0.378 e. The molecule has 2 rings (SSSR count). The average molecular weight is 141 g/mol. The number of morpholine rings is 1. The lowest BCUT2D eigenvalue weighted by atomic mass is 10.1. The largest absolute Gasteiger partial charge is 0.378 e. The van der Waals surface area contributed by atoms with Crippen molar-refractivity contribution in [1.29, 1.82) is 0 Å². The van der Waals surface area contributed by atoms with E-state index in [0.29, 0.717) is 0 Å². The summed E-state index contributed by atoms with van der Waals surface area (Å²) in [4.78, 5) is 2.56. The predicted octanol–water partition coefficient (Wildman–Crippen LogP) is 0.727. The van der Waals surface area contributed by atoms with Crippen LogP contribution in [0.3, 0.4) is 0 Å². The van der Waals surface area contributed by atoms with Crippen molar-refractivity contribution in [2.75, 3.05) is 26.3 Å². The Labute approximate surface area is 62.2 Å². The second-order valence-electron chi connectivity index (χ2n) is 3.56. The van der Waals surface area contributed by atoms with Crippen molar-refractivity contribution in [3.8, 4) is 0 Å². The number of nitrogens with zero attached hydrogens (tertiary/aromatic N) is 1. The molecular weight excluding hydrogens is 126 g/mol. The molecule has 2 aliphatic heterocycles. The first-order valence-electron chi connectivity index (χ1n) is 4.18. The highest BCUT2D eigenvalue weighted by Gasteiger charge is 2.31. The van der Waals surface area contributed by atoms with Gasteiger partial charge in [-0.1, -0.05) is 6.92 Å². The maximum Gasteiger partial charge on any atom is 0.0622 e. The van der Waals surface area contributed by atoms with Gasteiger partial charge in [0.15, 0.2) is 0 Å². The molecule has 2 fully saturated rings. The van der Waals surface area contributed by atoms with E-state index >= 15 is 0 Å². The summed E-state index contributed by atoms with van der Waals surface area (Å²) in [7, 11) is 0. The Morgan fingerprint density at radius 2 is 2.40 bits per heavy atom. The van der Waals surface area contributed by atoms with Crippen molar-refractivity contribution in [3.05, 3.63) is 0 Å². The highest BCUT2D eigenvalue weighted by molar-refractivity contribution is 4.84. The van der Waals surface area contributed by atoms with Gasteiger partial charge in [-0.05, 0) is 12.3 Å². The summed E-state index contributed by atoms with van der Waals surface area (Å²) >= 11 is 0. The van der Waals surface area contributed by atoms with E-state index in [1.54, 1.807) is 0 Å². The van der Waals surface area contributed by atoms with Gasteiger partial charge < -0.3 is 4.74 Å². The maximum atomic E-state index is 5.39. The lowest BCUT2D eigenvalue weighted by molar-refractivity contribution is 0.0128. The fourth-order valence-corrected chi connectivity index (χ4v) is 2.09. The van der Waals surface area contributed by atoms with Gasteiger partial charge >= 0.3 is 0 Å². The highest BCUT2D eigenvalue weighted by atomic mass is 16.5. The third-order valence-corrected chi connectivity index (χ3v) is 2.57. The van der Waals surface area contributed by atoms with E-state index in [2.05, 4.69) is 11.8 Å². The van der Waals surface area contributed by atoms with Gasteiger partial charge in [-0.15, -0.1) is 0 Å². The van der Waals surface area contributed by atoms with E-state index in [0.717, 1.165) is 31.7 Å². The zero-order chi connectivity index (χ0) is 6.97. The second kappa shape index (κ2) is 2.51. The molecule has 0 radical (unpaired) electrons. The molecule has 2 atom stereocenters. The maximum absolute atomic E-state index is 5.39. The fourth-order valence-electron chi connectivity index (χ4n) is 2.09. The van der Waals surface area contributed by atoms with Crippen LogP contribution in [0.15, 0.2) is 0 Å². The molecule has 2 saturated heterocycles. The Bertz CT molecular complexity index is 112. The molecule has 0 aromatic heterocycles. The molecule has 0 aliphatic carbocycles. The predicted molar refractivity (Wildman–Crippen MR) is 40.0 cm³/mol. The Balaban J connectivity index is 1.97. The van der Waals surface area contributed by atoms with Crippen LogP contribution in [0.4, 0.5) is 0 Å². The van der Waals surface area contributed by atoms with Crippen molar-refractivity contribution < 1.29 is 4.74 Å². The van der Waals surface area contributed by atoms with Gasteiger partial charge in [0.05, 0.1) is 13.2 Å². The average Bonchev–Trinajstić information content (AvgIpc) is 2.27. The molecular formula is C8H15NO. The molecule has 0 unspecified atom stereocenters. The molecule has 0 aromatic carbocycles. The van der Waals surface area contributed by atoms with Gasteiger partial charge in [0, 0.05) is 19.1 Å². The molecule has 0 aromatic rings. The first-order chi connectivity index (χ1) is 4.86. The van der Waals surface area contributed by atoms with Crippen LogP contribution < -0.4 is 0 Å². The molecule has 2 nitrogen and oxygen atoms in total. The van der Waals surface area contributed by atoms with E-state index in [4.69, 9.17) is 4.74 Å². The number of ether oxygens (including phenoxy) is 1. The summed E-state index contributed by atoms with van der Waals surface area (Å²) in [6, 6.07) is 0.753. The van der Waals surface area contributed by atoms with Crippen molar-refractivity contribution >= 4 is 0 Å². The molecule has 0 N–H and O–H groups in total. The monoisotopic (exact) mass is 141 g/mol. The smallest absolute Gasteiger partial charge is 0.0622 e. The molecule has 0 bridgehead atoms. The SMILES string of the molecule is C[C@@H]1C[C@@H]2COCCN2C1. The van der Waals surface area contributed by atoms with Gasteiger partial charge in [-0.3, -0.25) is 4.90 Å². The summed E-state index contributed by atoms with van der Waals surface area (Å²) in [5.74, 6) is 0.895. The molecule has 10 heavy (non-hydrogen) atoms. The van der Waals surface area contributed by atoms with Crippen LogP contribution in [0, 0.1) is 5.92 Å². The van der Waals surface area contributed by atoms with Crippen molar-refractivity contribution in [2.24, 2.45) is 5.92 Å². The first kappa shape index (κ1) is 6.62. The van der Waals surface area contributed by atoms with Crippen molar-refractivity contribution in [3.63, 3.8) is 0 Å². The standard InChI is InChI=1S/C8H15NO/c1-7-4-8-6-10-3-2-9(8)5-7/h7-8H,2-6H2,1H3/t7-,8-/m1/s1. The van der Waals surface area contributed by atoms with Crippen molar-refractivity contribution in [1.82, 2.24) is 4.90 Å². The van der Waals surface area contributed by atoms with Crippen molar-refractivity contribution in [2.45, 2.75) is 19.4 Å². The van der Waals surface area contributed by atoms with Crippen LogP contribution >= 0.6 is 0 Å². The molecule has 0 amide bonds. The number of hydrogen-bond acceptors (Lipinski definition) is 2. The summed E-state index contributed by atoms with van der Waals surface area (Å²) < 4.78 is 5.39. The summed E-state index contributed by atoms with van der Waals surface area (Å²) in [6.07, 6.45) is 1.35. The van der Waals surface area contributed by atoms with E-state index < -0.39 is 0 Å². The quantitative estimate of drug-likeness (QED) is 0.493. The van der Waals surface area contributed by atoms with E-state index in [-0.39, 0.29) is 0 Å². The Morgan fingerprint density at radius 3 is 3.20 bits per heavy atom. The summed E-state index contributed by atoms with van der Waals surface area (Å²) in [5.41, 5.74) is 0. The molecule has 2 heteroatoms. The Kier molecular flexibility index (Phi) is 1.66.